The van der Waals surface area contributed by atoms with Gasteiger partial charge >= 0.3 is 0 Å². The van der Waals surface area contributed by atoms with Crippen molar-refractivity contribution in [2.45, 2.75) is 26.3 Å². The van der Waals surface area contributed by atoms with E-state index in [1.165, 1.54) is 9.88 Å². The second-order valence-corrected chi connectivity index (χ2v) is 7.48. The van der Waals surface area contributed by atoms with Gasteiger partial charge in [0.15, 0.2) is 5.96 Å². The Kier molecular flexibility index (Phi) is 10.1. The highest BCUT2D eigenvalue weighted by Crippen LogP contribution is 2.11. The Balaban J connectivity index is 0.00000288. The number of rotatable bonds is 6. The van der Waals surface area contributed by atoms with Crippen LogP contribution in [0.4, 0.5) is 0 Å². The number of hydrogen-bond donors (Lipinski definition) is 2. The van der Waals surface area contributed by atoms with Gasteiger partial charge in [0.05, 0.1) is 11.6 Å². The van der Waals surface area contributed by atoms with Crippen LogP contribution >= 0.6 is 35.3 Å². The molecule has 0 aliphatic carbocycles. The van der Waals surface area contributed by atoms with Crippen LogP contribution in [0.3, 0.4) is 0 Å². The number of halogens is 1. The summed E-state index contributed by atoms with van der Waals surface area (Å²) in [7, 11) is 4.38. The zero-order valence-electron chi connectivity index (χ0n) is 15.2. The Morgan fingerprint density at radius 3 is 2.83 bits per heavy atom. The lowest BCUT2D eigenvalue weighted by molar-refractivity contribution is 0.119. The van der Waals surface area contributed by atoms with Gasteiger partial charge in [-0.3, -0.25) is 9.89 Å². The van der Waals surface area contributed by atoms with Crippen LogP contribution in [0.15, 0.2) is 11.2 Å². The lowest BCUT2D eigenvalue weighted by Crippen LogP contribution is -2.51. The van der Waals surface area contributed by atoms with Gasteiger partial charge in [-0.25, -0.2) is 4.98 Å². The molecule has 0 radical (unpaired) electrons. The number of aromatic nitrogens is 1. The summed E-state index contributed by atoms with van der Waals surface area (Å²) in [4.78, 5) is 15.2. The van der Waals surface area contributed by atoms with Crippen molar-refractivity contribution in [3.05, 3.63) is 16.1 Å². The Hall–Kier alpha value is -0.450. The molecule has 24 heavy (non-hydrogen) atoms. The summed E-state index contributed by atoms with van der Waals surface area (Å²) in [5, 5.41) is 7.93. The van der Waals surface area contributed by atoms with Crippen LogP contribution in [-0.4, -0.2) is 80.1 Å². The normalized spacial score (nSPS) is 19.8. The topological polar surface area (TPSA) is 55.8 Å². The van der Waals surface area contributed by atoms with Gasteiger partial charge in [-0.2, -0.15) is 0 Å². The van der Waals surface area contributed by atoms with Crippen molar-refractivity contribution < 1.29 is 0 Å². The molecule has 0 saturated carbocycles. The average Bonchev–Trinajstić information content (AvgIpc) is 2.93. The molecule has 1 atom stereocenters. The molecular weight excluding hydrogens is 435 g/mol. The van der Waals surface area contributed by atoms with E-state index in [1.807, 2.05) is 6.20 Å². The summed E-state index contributed by atoms with van der Waals surface area (Å²) in [6, 6.07) is 0.491. The maximum Gasteiger partial charge on any atom is 0.191 e. The predicted octanol–water partition coefficient (Wildman–Crippen LogP) is 1.41. The number of thiazole rings is 1. The van der Waals surface area contributed by atoms with Gasteiger partial charge in [0, 0.05) is 56.3 Å². The summed E-state index contributed by atoms with van der Waals surface area (Å²) in [6.07, 6.45) is 2.88. The molecule has 1 fully saturated rings. The van der Waals surface area contributed by atoms with Crippen molar-refractivity contribution in [3.63, 3.8) is 0 Å². The zero-order chi connectivity index (χ0) is 16.7. The molecule has 2 heterocycles. The molecule has 1 unspecified atom stereocenters. The third kappa shape index (κ3) is 7.20. The van der Waals surface area contributed by atoms with Gasteiger partial charge in [0.1, 0.15) is 0 Å². The van der Waals surface area contributed by atoms with E-state index >= 15 is 0 Å². The average molecular weight is 466 g/mol. The van der Waals surface area contributed by atoms with Crippen LogP contribution in [0.5, 0.6) is 0 Å². The first kappa shape index (κ1) is 21.6. The van der Waals surface area contributed by atoms with Crippen molar-refractivity contribution >= 4 is 41.3 Å². The van der Waals surface area contributed by atoms with E-state index in [2.05, 4.69) is 53.4 Å². The van der Waals surface area contributed by atoms with Gasteiger partial charge in [-0.05, 0) is 27.9 Å². The number of nitrogens with one attached hydrogen (secondary N) is 2. The number of piperazine rings is 1. The van der Waals surface area contributed by atoms with Crippen LogP contribution in [0.1, 0.15) is 16.8 Å². The van der Waals surface area contributed by atoms with E-state index in [-0.39, 0.29) is 24.0 Å². The molecule has 8 heteroatoms. The third-order valence-corrected chi connectivity index (χ3v) is 5.06. The highest BCUT2D eigenvalue weighted by Gasteiger charge is 2.21. The van der Waals surface area contributed by atoms with E-state index in [0.29, 0.717) is 6.04 Å². The summed E-state index contributed by atoms with van der Waals surface area (Å²) in [5.74, 6) is 0.905. The number of nitrogens with zero attached hydrogens (tertiary/aromatic N) is 4. The number of aliphatic imine (C=N–C) groups is 1. The molecule has 1 saturated heterocycles. The Labute approximate surface area is 167 Å². The summed E-state index contributed by atoms with van der Waals surface area (Å²) in [6.45, 7) is 10.1. The van der Waals surface area contributed by atoms with Crippen molar-refractivity contribution in [2.75, 3.05) is 53.4 Å². The largest absolute Gasteiger partial charge is 0.357 e. The molecule has 1 aliphatic rings. The number of aryl methyl sites for hydroxylation is 1. The Morgan fingerprint density at radius 2 is 2.17 bits per heavy atom. The monoisotopic (exact) mass is 466 g/mol. The molecule has 1 aliphatic heterocycles. The van der Waals surface area contributed by atoms with Crippen molar-refractivity contribution in [1.82, 2.24) is 25.4 Å². The summed E-state index contributed by atoms with van der Waals surface area (Å²) in [5.41, 5.74) is 0. The lowest BCUT2D eigenvalue weighted by Gasteiger charge is -2.36. The van der Waals surface area contributed by atoms with Crippen LogP contribution in [0.2, 0.25) is 0 Å². The van der Waals surface area contributed by atoms with Gasteiger partial charge in [0.2, 0.25) is 0 Å². The maximum absolute atomic E-state index is 4.77. The molecule has 1 aromatic heterocycles. The number of hydrogen-bond acceptors (Lipinski definition) is 5. The van der Waals surface area contributed by atoms with E-state index in [9.17, 15) is 0 Å². The minimum atomic E-state index is 0. The second kappa shape index (κ2) is 11.2. The van der Waals surface area contributed by atoms with Crippen molar-refractivity contribution in [1.29, 1.82) is 0 Å². The molecule has 138 valence electrons. The quantitative estimate of drug-likeness (QED) is 0.378. The lowest BCUT2D eigenvalue weighted by atomic mass is 10.2. The van der Waals surface area contributed by atoms with E-state index < -0.39 is 0 Å². The van der Waals surface area contributed by atoms with Gasteiger partial charge in [0.25, 0.3) is 0 Å². The predicted molar refractivity (Wildman–Crippen MR) is 114 cm³/mol. The van der Waals surface area contributed by atoms with Gasteiger partial charge in [-0.15, -0.1) is 35.3 Å². The molecule has 0 spiro atoms. The molecule has 1 aromatic rings. The smallest absolute Gasteiger partial charge is 0.191 e. The fourth-order valence-electron chi connectivity index (χ4n) is 2.64. The van der Waals surface area contributed by atoms with Crippen LogP contribution in [0.25, 0.3) is 0 Å². The first-order valence-electron chi connectivity index (χ1n) is 8.40. The zero-order valence-corrected chi connectivity index (χ0v) is 18.4. The fourth-order valence-corrected chi connectivity index (χ4v) is 3.43. The van der Waals surface area contributed by atoms with E-state index in [1.54, 1.807) is 11.3 Å². The standard InChI is InChI=1S/C16H30N6S.HI/c1-5-17-16(18-7-6-15-19-10-13(2)23-15)20-11-14-12-21(3)8-9-22(14)4;/h10,14H,5-9,11-12H2,1-4H3,(H2,17,18,20);1H. The van der Waals surface area contributed by atoms with E-state index in [4.69, 9.17) is 4.99 Å². The summed E-state index contributed by atoms with van der Waals surface area (Å²) < 4.78 is 0. The van der Waals surface area contributed by atoms with Gasteiger partial charge < -0.3 is 15.5 Å². The minimum absolute atomic E-state index is 0. The van der Waals surface area contributed by atoms with Crippen molar-refractivity contribution in [2.24, 2.45) is 4.99 Å². The van der Waals surface area contributed by atoms with E-state index in [0.717, 1.165) is 51.6 Å². The molecule has 6 nitrogen and oxygen atoms in total. The van der Waals surface area contributed by atoms with Crippen LogP contribution in [-0.2, 0) is 6.42 Å². The molecule has 0 bridgehead atoms. The number of guanidine groups is 1. The second-order valence-electron chi connectivity index (χ2n) is 6.16. The first-order valence-corrected chi connectivity index (χ1v) is 9.22. The maximum atomic E-state index is 4.77. The summed E-state index contributed by atoms with van der Waals surface area (Å²) >= 11 is 1.77. The van der Waals surface area contributed by atoms with Crippen molar-refractivity contribution in [3.8, 4) is 0 Å². The first-order chi connectivity index (χ1) is 11.1. The van der Waals surface area contributed by atoms with Crippen LogP contribution in [0, 0.1) is 6.92 Å². The highest BCUT2D eigenvalue weighted by molar-refractivity contribution is 14.0. The third-order valence-electron chi connectivity index (χ3n) is 4.09. The molecular formula is C16H31IN6S. The number of likely N-dealkylation sites (N-methyl/N-ethyl adjacent to an activating group) is 2. The molecule has 0 aromatic carbocycles. The van der Waals surface area contributed by atoms with Crippen LogP contribution < -0.4 is 10.6 Å². The Morgan fingerprint density at radius 1 is 1.38 bits per heavy atom. The fraction of sp³-hybridized carbons (Fsp3) is 0.750. The molecule has 2 N–H and O–H groups in total. The highest BCUT2D eigenvalue weighted by atomic mass is 127. The minimum Gasteiger partial charge on any atom is -0.357 e. The Bertz CT molecular complexity index is 507. The molecule has 2 rings (SSSR count). The molecule has 0 amide bonds. The SMILES string of the molecule is CCNC(=NCC1CN(C)CCN1C)NCCc1ncc(C)s1.I. The van der Waals surface area contributed by atoms with Gasteiger partial charge in [-0.1, -0.05) is 0 Å².